The van der Waals surface area contributed by atoms with E-state index in [0.29, 0.717) is 18.4 Å². The van der Waals surface area contributed by atoms with Gasteiger partial charge in [-0.3, -0.25) is 14.4 Å². The van der Waals surface area contributed by atoms with Crippen LogP contribution < -0.4 is 0 Å². The molecule has 0 saturated heterocycles. The maximum atomic E-state index is 12.5. The van der Waals surface area contributed by atoms with Crippen molar-refractivity contribution in [1.82, 2.24) is 0 Å². The van der Waals surface area contributed by atoms with Crippen LogP contribution in [0.5, 0.6) is 0 Å². The van der Waals surface area contributed by atoms with Gasteiger partial charge in [0, 0.05) is 12.3 Å². The number of benzene rings is 1. The van der Waals surface area contributed by atoms with E-state index in [0.717, 1.165) is 11.1 Å². The van der Waals surface area contributed by atoms with Gasteiger partial charge in [0.2, 0.25) is 0 Å². The number of ether oxygens (including phenoxy) is 2. The van der Waals surface area contributed by atoms with E-state index < -0.39 is 23.8 Å². The zero-order valence-corrected chi connectivity index (χ0v) is 13.8. The molecule has 0 radical (unpaired) electrons. The second-order valence-electron chi connectivity index (χ2n) is 6.26. The Balaban J connectivity index is 1.98. The van der Waals surface area contributed by atoms with Crippen molar-refractivity contribution < 1.29 is 23.9 Å². The molecule has 2 aliphatic rings. The van der Waals surface area contributed by atoms with E-state index in [1.54, 1.807) is 0 Å². The molecule has 2 aliphatic carbocycles. The van der Waals surface area contributed by atoms with Crippen molar-refractivity contribution in [1.29, 1.82) is 0 Å². The van der Waals surface area contributed by atoms with Crippen LogP contribution in [0.1, 0.15) is 30.7 Å². The van der Waals surface area contributed by atoms with Crippen molar-refractivity contribution in [2.24, 2.45) is 11.8 Å². The highest BCUT2D eigenvalue weighted by molar-refractivity contribution is 6.01. The summed E-state index contributed by atoms with van der Waals surface area (Å²) in [4.78, 5) is 36.7. The largest absolute Gasteiger partial charge is 0.469 e. The molecule has 126 valence electrons. The Labute approximate surface area is 140 Å². The second kappa shape index (κ2) is 6.59. The summed E-state index contributed by atoms with van der Waals surface area (Å²) in [5.41, 5.74) is 2.73. The maximum Gasteiger partial charge on any atom is 0.309 e. The number of Topliss-reactive ketones (excluding diaryl/α,β-unsaturated/α-hetero) is 1. The molecule has 0 fully saturated rings. The van der Waals surface area contributed by atoms with E-state index in [-0.39, 0.29) is 18.1 Å². The van der Waals surface area contributed by atoms with Gasteiger partial charge in [-0.25, -0.2) is 0 Å². The Kier molecular flexibility index (Phi) is 4.51. The summed E-state index contributed by atoms with van der Waals surface area (Å²) in [7, 11) is 2.61. The molecule has 1 aromatic carbocycles. The first-order valence-electron chi connectivity index (χ1n) is 8.02. The molecule has 0 bridgehead atoms. The average Bonchev–Trinajstić information content (AvgIpc) is 2.96. The quantitative estimate of drug-likeness (QED) is 0.797. The van der Waals surface area contributed by atoms with Crippen LogP contribution in [-0.2, 0) is 23.9 Å². The summed E-state index contributed by atoms with van der Waals surface area (Å²) >= 11 is 0. The lowest BCUT2D eigenvalue weighted by Crippen LogP contribution is -2.35. The molecule has 0 unspecified atom stereocenters. The standard InChI is InChI=1S/C19H20O5/c1-23-18(21)15-8-13-12(11-6-4-3-5-7-11)10-17(20)14(13)9-16(15)19(22)24-2/h3-7,12,15-16H,8-10H2,1-2H3/t12-,15+,16+/m0/s1. The monoisotopic (exact) mass is 328 g/mol. The number of methoxy groups -OCH3 is 2. The van der Waals surface area contributed by atoms with Crippen LogP contribution in [0, 0.1) is 11.8 Å². The van der Waals surface area contributed by atoms with Crippen molar-refractivity contribution >= 4 is 17.7 Å². The summed E-state index contributed by atoms with van der Waals surface area (Å²) in [5.74, 6) is -2.09. The first-order valence-corrected chi connectivity index (χ1v) is 8.02. The molecule has 5 heteroatoms. The second-order valence-corrected chi connectivity index (χ2v) is 6.26. The van der Waals surface area contributed by atoms with E-state index in [1.807, 2.05) is 30.3 Å². The molecule has 0 aromatic heterocycles. The lowest BCUT2D eigenvalue weighted by atomic mass is 9.74. The summed E-state index contributed by atoms with van der Waals surface area (Å²) in [6, 6.07) is 9.80. The van der Waals surface area contributed by atoms with Crippen LogP contribution in [-0.4, -0.2) is 31.9 Å². The molecule has 0 heterocycles. The Bertz CT molecular complexity index is 704. The van der Waals surface area contributed by atoms with Gasteiger partial charge in [-0.15, -0.1) is 0 Å². The number of carbonyl (C=O) groups is 3. The van der Waals surface area contributed by atoms with Crippen LogP contribution in [0.15, 0.2) is 41.5 Å². The van der Waals surface area contributed by atoms with E-state index in [1.165, 1.54) is 14.2 Å². The lowest BCUT2D eigenvalue weighted by molar-refractivity contribution is -0.158. The number of hydrogen-bond donors (Lipinski definition) is 0. The first kappa shape index (κ1) is 16.4. The van der Waals surface area contributed by atoms with Crippen molar-refractivity contribution in [2.75, 3.05) is 14.2 Å². The Morgan fingerprint density at radius 2 is 1.50 bits per heavy atom. The summed E-state index contributed by atoms with van der Waals surface area (Å²) in [5, 5.41) is 0. The van der Waals surface area contributed by atoms with Gasteiger partial charge in [0.25, 0.3) is 0 Å². The third-order valence-corrected chi connectivity index (χ3v) is 5.09. The van der Waals surface area contributed by atoms with Crippen molar-refractivity contribution in [3.63, 3.8) is 0 Å². The highest BCUT2D eigenvalue weighted by Crippen LogP contribution is 2.48. The Morgan fingerprint density at radius 1 is 0.917 bits per heavy atom. The highest BCUT2D eigenvalue weighted by Gasteiger charge is 2.46. The van der Waals surface area contributed by atoms with Crippen LogP contribution >= 0.6 is 0 Å². The zero-order valence-electron chi connectivity index (χ0n) is 13.8. The predicted molar refractivity (Wildman–Crippen MR) is 86.1 cm³/mol. The lowest BCUT2D eigenvalue weighted by Gasteiger charge is -2.30. The van der Waals surface area contributed by atoms with Crippen molar-refractivity contribution in [2.45, 2.75) is 25.2 Å². The number of ketones is 1. The normalized spacial score (nSPS) is 26.1. The van der Waals surface area contributed by atoms with Crippen molar-refractivity contribution in [3.8, 4) is 0 Å². The number of esters is 2. The zero-order chi connectivity index (χ0) is 17.3. The minimum atomic E-state index is -0.653. The van der Waals surface area contributed by atoms with Crippen LogP contribution in [0.2, 0.25) is 0 Å². The first-order chi connectivity index (χ1) is 11.6. The predicted octanol–water partition coefficient (Wildman–Crippen LogP) is 2.41. The molecule has 3 rings (SSSR count). The molecule has 0 spiro atoms. The van der Waals surface area contributed by atoms with E-state index in [2.05, 4.69) is 0 Å². The van der Waals surface area contributed by atoms with E-state index in [9.17, 15) is 14.4 Å². The number of allylic oxidation sites excluding steroid dienone is 2. The molecule has 3 atom stereocenters. The summed E-state index contributed by atoms with van der Waals surface area (Å²) in [6.07, 6.45) is 1.02. The Morgan fingerprint density at radius 3 is 2.08 bits per heavy atom. The SMILES string of the molecule is COC(=O)[C@@H]1CC2=C(C[C@H]1C(=O)OC)[C@H](c1ccccc1)CC2=O. The van der Waals surface area contributed by atoms with Crippen LogP contribution in [0.25, 0.3) is 0 Å². The highest BCUT2D eigenvalue weighted by atomic mass is 16.5. The van der Waals surface area contributed by atoms with Gasteiger partial charge in [0.15, 0.2) is 5.78 Å². The maximum absolute atomic E-state index is 12.5. The van der Waals surface area contributed by atoms with Gasteiger partial charge in [0.1, 0.15) is 0 Å². The van der Waals surface area contributed by atoms with E-state index >= 15 is 0 Å². The molecule has 5 nitrogen and oxygen atoms in total. The molecule has 24 heavy (non-hydrogen) atoms. The topological polar surface area (TPSA) is 69.7 Å². The minimum Gasteiger partial charge on any atom is -0.469 e. The molecule has 0 amide bonds. The fourth-order valence-electron chi connectivity index (χ4n) is 3.88. The van der Waals surface area contributed by atoms with Gasteiger partial charge in [-0.1, -0.05) is 35.9 Å². The molecule has 0 N–H and O–H groups in total. The van der Waals surface area contributed by atoms with Crippen LogP contribution in [0.4, 0.5) is 0 Å². The molecule has 0 aliphatic heterocycles. The number of carbonyl (C=O) groups excluding carboxylic acids is 3. The third kappa shape index (κ3) is 2.75. The van der Waals surface area contributed by atoms with Gasteiger partial charge in [-0.2, -0.15) is 0 Å². The summed E-state index contributed by atoms with van der Waals surface area (Å²) < 4.78 is 9.71. The third-order valence-electron chi connectivity index (χ3n) is 5.09. The average molecular weight is 328 g/mol. The molecular weight excluding hydrogens is 308 g/mol. The van der Waals surface area contributed by atoms with E-state index in [4.69, 9.17) is 9.47 Å². The molecule has 1 aromatic rings. The van der Waals surface area contributed by atoms with Gasteiger partial charge >= 0.3 is 11.9 Å². The summed E-state index contributed by atoms with van der Waals surface area (Å²) in [6.45, 7) is 0. The molecular formula is C19H20O5. The van der Waals surface area contributed by atoms with Gasteiger partial charge in [-0.05, 0) is 24.0 Å². The molecule has 0 saturated carbocycles. The smallest absolute Gasteiger partial charge is 0.309 e. The minimum absolute atomic E-state index is 0.0144. The van der Waals surface area contributed by atoms with Crippen molar-refractivity contribution in [3.05, 3.63) is 47.0 Å². The fraction of sp³-hybridized carbons (Fsp3) is 0.421. The Hall–Kier alpha value is -2.43. The van der Waals surface area contributed by atoms with Crippen LogP contribution in [0.3, 0.4) is 0 Å². The number of hydrogen-bond acceptors (Lipinski definition) is 5. The number of rotatable bonds is 3. The van der Waals surface area contributed by atoms with Gasteiger partial charge < -0.3 is 9.47 Å². The van der Waals surface area contributed by atoms with Gasteiger partial charge in [0.05, 0.1) is 26.1 Å². The fourth-order valence-corrected chi connectivity index (χ4v) is 3.88.